The molecule has 2 aromatic rings. The Bertz CT molecular complexity index is 526. The van der Waals surface area contributed by atoms with Crippen molar-refractivity contribution in [2.45, 2.75) is 33.2 Å². The summed E-state index contributed by atoms with van der Waals surface area (Å²) in [5.74, 6) is 0. The number of nitrogens with zero attached hydrogens (tertiary/aromatic N) is 1. The Balaban J connectivity index is 0.00000200. The van der Waals surface area contributed by atoms with E-state index < -0.39 is 0 Å². The standard InChI is InChI=1S/C18H22N.Y/c1-3-4-13-19-14-11-18(12-15-19)10-9-17-7-5-16(2)6-8-17;/h5-12,14-15H,3-4,13H2,1-2H3;/q+1;. The van der Waals surface area contributed by atoms with E-state index >= 15 is 0 Å². The van der Waals surface area contributed by atoms with Crippen LogP contribution in [0.15, 0.2) is 48.8 Å². The van der Waals surface area contributed by atoms with Gasteiger partial charge in [0, 0.05) is 51.3 Å². The normalized spacial score (nSPS) is 10.5. The minimum Gasteiger partial charge on any atom is -0.205 e. The first-order valence-corrected chi connectivity index (χ1v) is 7.02. The Labute approximate surface area is 147 Å². The molecule has 0 bridgehead atoms. The molecule has 20 heavy (non-hydrogen) atoms. The molecular weight excluding hydrogens is 319 g/mol. The number of rotatable bonds is 5. The van der Waals surface area contributed by atoms with Gasteiger partial charge in [0.15, 0.2) is 12.4 Å². The van der Waals surface area contributed by atoms with Crippen molar-refractivity contribution in [3.05, 3.63) is 65.5 Å². The molecule has 0 atom stereocenters. The molecule has 0 aliphatic heterocycles. The van der Waals surface area contributed by atoms with Crippen LogP contribution in [0.25, 0.3) is 12.2 Å². The van der Waals surface area contributed by atoms with Crippen molar-refractivity contribution in [1.82, 2.24) is 0 Å². The van der Waals surface area contributed by atoms with Gasteiger partial charge in [0.2, 0.25) is 0 Å². The summed E-state index contributed by atoms with van der Waals surface area (Å²) >= 11 is 0. The van der Waals surface area contributed by atoms with E-state index in [1.54, 1.807) is 0 Å². The van der Waals surface area contributed by atoms with E-state index in [2.05, 4.69) is 79.4 Å². The number of hydrogen-bond donors (Lipinski definition) is 0. The maximum Gasteiger partial charge on any atom is 0.169 e. The predicted molar refractivity (Wildman–Crippen MR) is 81.7 cm³/mol. The second-order valence-corrected chi connectivity index (χ2v) is 4.97. The van der Waals surface area contributed by atoms with E-state index in [0.717, 1.165) is 6.54 Å². The van der Waals surface area contributed by atoms with E-state index in [-0.39, 0.29) is 32.7 Å². The predicted octanol–water partition coefficient (Wildman–Crippen LogP) is 4.25. The van der Waals surface area contributed by atoms with Gasteiger partial charge in [-0.05, 0) is 18.1 Å². The number of benzene rings is 1. The fourth-order valence-electron chi connectivity index (χ4n) is 1.94. The van der Waals surface area contributed by atoms with Crippen LogP contribution < -0.4 is 4.57 Å². The van der Waals surface area contributed by atoms with Crippen LogP contribution in [0.3, 0.4) is 0 Å². The Morgan fingerprint density at radius 3 is 2.00 bits per heavy atom. The van der Waals surface area contributed by atoms with Crippen molar-refractivity contribution in [2.75, 3.05) is 0 Å². The van der Waals surface area contributed by atoms with E-state index in [1.165, 1.54) is 29.5 Å². The summed E-state index contributed by atoms with van der Waals surface area (Å²) in [6.45, 7) is 5.44. The minimum atomic E-state index is 0. The van der Waals surface area contributed by atoms with Gasteiger partial charge in [-0.15, -0.1) is 0 Å². The third-order valence-corrected chi connectivity index (χ3v) is 3.23. The summed E-state index contributed by atoms with van der Waals surface area (Å²) in [5.41, 5.74) is 3.79. The molecule has 0 aliphatic carbocycles. The first kappa shape index (κ1) is 17.3. The molecule has 101 valence electrons. The van der Waals surface area contributed by atoms with Crippen molar-refractivity contribution in [3.63, 3.8) is 0 Å². The van der Waals surface area contributed by atoms with Gasteiger partial charge in [-0.25, -0.2) is 4.57 Å². The summed E-state index contributed by atoms with van der Waals surface area (Å²) in [7, 11) is 0. The molecule has 2 rings (SSSR count). The monoisotopic (exact) mass is 341 g/mol. The molecule has 0 saturated heterocycles. The van der Waals surface area contributed by atoms with Crippen LogP contribution in [0.5, 0.6) is 0 Å². The molecule has 1 nitrogen and oxygen atoms in total. The smallest absolute Gasteiger partial charge is 0.169 e. The van der Waals surface area contributed by atoms with E-state index in [9.17, 15) is 0 Å². The Kier molecular flexibility index (Phi) is 7.95. The zero-order valence-corrected chi connectivity index (χ0v) is 15.3. The minimum absolute atomic E-state index is 0. The Morgan fingerprint density at radius 1 is 0.900 bits per heavy atom. The van der Waals surface area contributed by atoms with Gasteiger partial charge in [-0.2, -0.15) is 0 Å². The molecule has 1 aromatic carbocycles. The van der Waals surface area contributed by atoms with Crippen LogP contribution in [0.2, 0.25) is 0 Å². The summed E-state index contributed by atoms with van der Waals surface area (Å²) in [4.78, 5) is 0. The van der Waals surface area contributed by atoms with Crippen molar-refractivity contribution in [2.24, 2.45) is 0 Å². The molecule has 1 radical (unpaired) electrons. The molecule has 1 aromatic heterocycles. The largest absolute Gasteiger partial charge is 0.205 e. The number of pyridine rings is 1. The summed E-state index contributed by atoms with van der Waals surface area (Å²) in [5, 5.41) is 0. The van der Waals surface area contributed by atoms with Crippen molar-refractivity contribution in [3.8, 4) is 0 Å². The zero-order chi connectivity index (χ0) is 13.5. The van der Waals surface area contributed by atoms with E-state index in [4.69, 9.17) is 0 Å². The van der Waals surface area contributed by atoms with Crippen LogP contribution >= 0.6 is 0 Å². The van der Waals surface area contributed by atoms with Crippen LogP contribution in [0.1, 0.15) is 36.5 Å². The number of aromatic nitrogens is 1. The van der Waals surface area contributed by atoms with Crippen molar-refractivity contribution in [1.29, 1.82) is 0 Å². The quantitative estimate of drug-likeness (QED) is 0.716. The fourth-order valence-corrected chi connectivity index (χ4v) is 1.94. The SMILES string of the molecule is CCCC[n+]1ccc(C=Cc2ccc(C)cc2)cc1.[Y]. The third-order valence-electron chi connectivity index (χ3n) is 3.23. The fraction of sp³-hybridized carbons (Fsp3) is 0.278. The van der Waals surface area contributed by atoms with E-state index in [1.807, 2.05) is 0 Å². The molecule has 0 spiro atoms. The summed E-state index contributed by atoms with van der Waals surface area (Å²) in [6.07, 6.45) is 11.1. The molecule has 0 fully saturated rings. The van der Waals surface area contributed by atoms with Gasteiger partial charge in [-0.3, -0.25) is 0 Å². The Morgan fingerprint density at radius 2 is 1.45 bits per heavy atom. The first-order valence-electron chi connectivity index (χ1n) is 7.02. The molecule has 0 N–H and O–H groups in total. The van der Waals surface area contributed by atoms with Crippen LogP contribution in [0.4, 0.5) is 0 Å². The molecule has 0 unspecified atom stereocenters. The van der Waals surface area contributed by atoms with Crippen molar-refractivity contribution >= 4 is 12.2 Å². The molecule has 0 aliphatic rings. The maximum atomic E-state index is 2.24. The number of hydrogen-bond acceptors (Lipinski definition) is 0. The van der Waals surface area contributed by atoms with Crippen LogP contribution in [-0.4, -0.2) is 0 Å². The van der Waals surface area contributed by atoms with Crippen LogP contribution in [-0.2, 0) is 39.3 Å². The van der Waals surface area contributed by atoms with Crippen LogP contribution in [0, 0.1) is 6.92 Å². The molecule has 1 heterocycles. The molecule has 0 amide bonds. The summed E-state index contributed by atoms with van der Waals surface area (Å²) < 4.78 is 2.24. The molecular formula is C18H22NY+. The first-order chi connectivity index (χ1) is 9.28. The summed E-state index contributed by atoms with van der Waals surface area (Å²) in [6, 6.07) is 12.9. The average Bonchev–Trinajstić information content (AvgIpc) is 2.46. The van der Waals surface area contributed by atoms with Gasteiger partial charge >= 0.3 is 0 Å². The second-order valence-electron chi connectivity index (χ2n) is 4.97. The second kappa shape index (κ2) is 9.21. The maximum absolute atomic E-state index is 2.24. The number of aryl methyl sites for hydroxylation is 2. The van der Waals surface area contributed by atoms with Gasteiger partial charge in [-0.1, -0.05) is 55.3 Å². The topological polar surface area (TPSA) is 3.88 Å². The zero-order valence-electron chi connectivity index (χ0n) is 12.4. The molecule has 2 heteroatoms. The Hall–Kier alpha value is -0.786. The van der Waals surface area contributed by atoms with E-state index in [0.29, 0.717) is 0 Å². The average molecular weight is 341 g/mol. The third kappa shape index (κ3) is 5.68. The van der Waals surface area contributed by atoms with Gasteiger partial charge in [0.05, 0.1) is 0 Å². The van der Waals surface area contributed by atoms with Gasteiger partial charge < -0.3 is 0 Å². The van der Waals surface area contributed by atoms with Crippen molar-refractivity contribution < 1.29 is 37.3 Å². The molecule has 0 saturated carbocycles. The van der Waals surface area contributed by atoms with Gasteiger partial charge in [0.1, 0.15) is 6.54 Å². The van der Waals surface area contributed by atoms with Gasteiger partial charge in [0.25, 0.3) is 0 Å². The number of unbranched alkanes of at least 4 members (excludes halogenated alkanes) is 1.